The van der Waals surface area contributed by atoms with Crippen LogP contribution in [-0.4, -0.2) is 29.7 Å². The third kappa shape index (κ3) is 5.89. The minimum absolute atomic E-state index is 0.0100. The molecule has 18 heavy (non-hydrogen) atoms. The van der Waals surface area contributed by atoms with Crippen molar-refractivity contribution in [3.05, 3.63) is 0 Å². The monoisotopic (exact) mass is 256 g/mol. The van der Waals surface area contributed by atoms with Crippen molar-refractivity contribution in [1.82, 2.24) is 10.6 Å². The highest BCUT2D eigenvalue weighted by Crippen LogP contribution is 2.28. The Morgan fingerprint density at radius 1 is 1.39 bits per heavy atom. The van der Waals surface area contributed by atoms with Crippen LogP contribution < -0.4 is 10.6 Å². The smallest absolute Gasteiger partial charge is 0.315 e. The maximum Gasteiger partial charge on any atom is 0.315 e. The fourth-order valence-corrected chi connectivity index (χ4v) is 2.19. The van der Waals surface area contributed by atoms with Gasteiger partial charge in [-0.05, 0) is 18.8 Å². The van der Waals surface area contributed by atoms with Crippen LogP contribution >= 0.6 is 0 Å². The molecule has 1 aliphatic carbocycles. The zero-order chi connectivity index (χ0) is 13.4. The number of amides is 2. The summed E-state index contributed by atoms with van der Waals surface area (Å²) >= 11 is 0. The van der Waals surface area contributed by atoms with Gasteiger partial charge in [-0.25, -0.2) is 4.79 Å². The molecular weight excluding hydrogens is 232 g/mol. The molecule has 0 saturated heterocycles. The highest BCUT2D eigenvalue weighted by Gasteiger charge is 2.18. The molecule has 5 nitrogen and oxygen atoms in total. The number of carbonyl (C=O) groups excluding carboxylic acids is 1. The Morgan fingerprint density at radius 2 is 2.11 bits per heavy atom. The van der Waals surface area contributed by atoms with Gasteiger partial charge >= 0.3 is 12.0 Å². The molecule has 0 aromatic carbocycles. The predicted octanol–water partition coefficient (Wildman–Crippen LogP) is 2.12. The Balaban J connectivity index is 2.15. The van der Waals surface area contributed by atoms with E-state index in [0.717, 1.165) is 18.8 Å². The third-order valence-electron chi connectivity index (χ3n) is 3.46. The number of carboxylic acids is 1. The average molecular weight is 256 g/mol. The molecule has 5 heteroatoms. The van der Waals surface area contributed by atoms with E-state index in [0.29, 0.717) is 13.0 Å². The standard InChI is InChI=1S/C13H24N2O3/c1-2-4-11(9-12(16)17)15-13(18)14-8-7-10-5-3-6-10/h10-11H,2-9H2,1H3,(H,16,17)(H2,14,15,18). The summed E-state index contributed by atoms with van der Waals surface area (Å²) in [5.41, 5.74) is 0. The Bertz CT molecular complexity index is 277. The van der Waals surface area contributed by atoms with Gasteiger partial charge in [0.1, 0.15) is 0 Å². The molecule has 0 aromatic heterocycles. The highest BCUT2D eigenvalue weighted by atomic mass is 16.4. The van der Waals surface area contributed by atoms with Crippen molar-refractivity contribution in [3.8, 4) is 0 Å². The molecular formula is C13H24N2O3. The van der Waals surface area contributed by atoms with E-state index in [1.807, 2.05) is 6.92 Å². The molecule has 1 unspecified atom stereocenters. The number of rotatable bonds is 8. The minimum Gasteiger partial charge on any atom is -0.481 e. The van der Waals surface area contributed by atoms with Crippen LogP contribution in [0.4, 0.5) is 4.79 Å². The van der Waals surface area contributed by atoms with Gasteiger partial charge in [-0.3, -0.25) is 4.79 Å². The number of nitrogens with one attached hydrogen (secondary N) is 2. The topological polar surface area (TPSA) is 78.4 Å². The Hall–Kier alpha value is -1.26. The Kier molecular flexibility index (Phi) is 6.54. The van der Waals surface area contributed by atoms with Crippen LogP contribution in [0, 0.1) is 5.92 Å². The lowest BCUT2D eigenvalue weighted by Crippen LogP contribution is -2.43. The van der Waals surface area contributed by atoms with Crippen molar-refractivity contribution in [1.29, 1.82) is 0 Å². The van der Waals surface area contributed by atoms with Crippen LogP contribution in [0.1, 0.15) is 51.9 Å². The summed E-state index contributed by atoms with van der Waals surface area (Å²) in [4.78, 5) is 22.2. The van der Waals surface area contributed by atoms with E-state index in [1.54, 1.807) is 0 Å². The summed E-state index contributed by atoms with van der Waals surface area (Å²) in [5, 5.41) is 14.3. The van der Waals surface area contributed by atoms with Crippen molar-refractivity contribution in [3.63, 3.8) is 0 Å². The molecule has 0 spiro atoms. The molecule has 1 atom stereocenters. The van der Waals surface area contributed by atoms with Crippen molar-refractivity contribution in [2.45, 2.75) is 57.9 Å². The van der Waals surface area contributed by atoms with Gasteiger partial charge in [-0.1, -0.05) is 32.6 Å². The van der Waals surface area contributed by atoms with Crippen molar-refractivity contribution in [2.75, 3.05) is 6.54 Å². The van der Waals surface area contributed by atoms with Gasteiger partial charge in [0.2, 0.25) is 0 Å². The zero-order valence-electron chi connectivity index (χ0n) is 11.1. The average Bonchev–Trinajstić information content (AvgIpc) is 2.21. The number of carbonyl (C=O) groups is 2. The quantitative estimate of drug-likeness (QED) is 0.622. The second-order valence-corrected chi connectivity index (χ2v) is 5.07. The largest absolute Gasteiger partial charge is 0.481 e. The summed E-state index contributed by atoms with van der Waals surface area (Å²) < 4.78 is 0. The molecule has 0 heterocycles. The lowest BCUT2D eigenvalue weighted by molar-refractivity contribution is -0.137. The Morgan fingerprint density at radius 3 is 2.61 bits per heavy atom. The van der Waals surface area contributed by atoms with E-state index in [1.165, 1.54) is 19.3 Å². The molecule has 1 saturated carbocycles. The van der Waals surface area contributed by atoms with Crippen LogP contribution in [0.3, 0.4) is 0 Å². The van der Waals surface area contributed by atoms with Crippen molar-refractivity contribution >= 4 is 12.0 Å². The summed E-state index contributed by atoms with van der Waals surface area (Å²) in [6, 6.07) is -0.509. The third-order valence-corrected chi connectivity index (χ3v) is 3.46. The minimum atomic E-state index is -0.872. The molecule has 0 aliphatic heterocycles. The maximum atomic E-state index is 11.6. The molecule has 1 rings (SSSR count). The van der Waals surface area contributed by atoms with Crippen LogP contribution in [0.15, 0.2) is 0 Å². The van der Waals surface area contributed by atoms with Crippen LogP contribution in [0.2, 0.25) is 0 Å². The maximum absolute atomic E-state index is 11.6. The van der Waals surface area contributed by atoms with Gasteiger partial charge in [0.15, 0.2) is 0 Å². The highest BCUT2D eigenvalue weighted by molar-refractivity contribution is 5.75. The molecule has 0 radical (unpaired) electrons. The number of aliphatic carboxylic acids is 1. The van der Waals surface area contributed by atoms with Crippen LogP contribution in [0.25, 0.3) is 0 Å². The number of carboxylic acid groups (broad SMARTS) is 1. The van der Waals surface area contributed by atoms with Gasteiger partial charge in [0.25, 0.3) is 0 Å². The summed E-state index contributed by atoms with van der Waals surface area (Å²) in [6.45, 7) is 2.66. The molecule has 1 aliphatic rings. The first-order valence-electron chi connectivity index (χ1n) is 6.88. The second kappa shape index (κ2) is 7.95. The van der Waals surface area contributed by atoms with E-state index in [-0.39, 0.29) is 18.5 Å². The fourth-order valence-electron chi connectivity index (χ4n) is 2.19. The molecule has 104 valence electrons. The molecule has 1 fully saturated rings. The lowest BCUT2D eigenvalue weighted by Gasteiger charge is -2.25. The number of urea groups is 1. The van der Waals surface area contributed by atoms with E-state index < -0.39 is 5.97 Å². The van der Waals surface area contributed by atoms with Crippen molar-refractivity contribution < 1.29 is 14.7 Å². The molecule has 0 aromatic rings. The first-order chi connectivity index (χ1) is 8.61. The fraction of sp³-hybridized carbons (Fsp3) is 0.846. The number of hydrogen-bond donors (Lipinski definition) is 3. The molecule has 2 amide bonds. The molecule has 3 N–H and O–H groups in total. The van der Waals surface area contributed by atoms with E-state index in [9.17, 15) is 9.59 Å². The van der Waals surface area contributed by atoms with Gasteiger partial charge in [0, 0.05) is 12.6 Å². The summed E-state index contributed by atoms with van der Waals surface area (Å²) in [5.74, 6) is -0.0982. The Labute approximate surface area is 108 Å². The van der Waals surface area contributed by atoms with E-state index in [2.05, 4.69) is 10.6 Å². The predicted molar refractivity (Wildman–Crippen MR) is 69.4 cm³/mol. The van der Waals surface area contributed by atoms with E-state index in [4.69, 9.17) is 5.11 Å². The van der Waals surface area contributed by atoms with Crippen LogP contribution in [0.5, 0.6) is 0 Å². The van der Waals surface area contributed by atoms with Gasteiger partial charge in [0.05, 0.1) is 6.42 Å². The van der Waals surface area contributed by atoms with Gasteiger partial charge < -0.3 is 15.7 Å². The molecule has 0 bridgehead atoms. The van der Waals surface area contributed by atoms with Gasteiger partial charge in [-0.15, -0.1) is 0 Å². The van der Waals surface area contributed by atoms with Crippen molar-refractivity contribution in [2.24, 2.45) is 5.92 Å². The van der Waals surface area contributed by atoms with Crippen LogP contribution in [-0.2, 0) is 4.79 Å². The van der Waals surface area contributed by atoms with Gasteiger partial charge in [-0.2, -0.15) is 0 Å². The summed E-state index contributed by atoms with van der Waals surface area (Å²) in [7, 11) is 0. The SMILES string of the molecule is CCCC(CC(=O)O)NC(=O)NCCC1CCC1. The zero-order valence-corrected chi connectivity index (χ0v) is 11.1. The lowest BCUT2D eigenvalue weighted by atomic mass is 9.83. The first-order valence-corrected chi connectivity index (χ1v) is 6.88. The normalized spacial score (nSPS) is 16.7. The van der Waals surface area contributed by atoms with E-state index >= 15 is 0 Å². The number of hydrogen-bond acceptors (Lipinski definition) is 2. The second-order valence-electron chi connectivity index (χ2n) is 5.07. The summed E-state index contributed by atoms with van der Waals surface area (Å²) in [6.07, 6.45) is 6.45. The first kappa shape index (κ1) is 14.8.